The van der Waals surface area contributed by atoms with E-state index in [1.807, 2.05) is 0 Å². The van der Waals surface area contributed by atoms with Crippen molar-refractivity contribution in [3.05, 3.63) is 58.9 Å². The molecule has 1 unspecified atom stereocenters. The van der Waals surface area contributed by atoms with Crippen molar-refractivity contribution in [2.24, 2.45) is 0 Å². The number of pyridine rings is 1. The van der Waals surface area contributed by atoms with E-state index < -0.39 is 0 Å². The van der Waals surface area contributed by atoms with Crippen LogP contribution in [0.2, 0.25) is 0 Å². The molecule has 2 N–H and O–H groups in total. The Morgan fingerprint density at radius 2 is 1.95 bits per heavy atom. The predicted octanol–water partition coefficient (Wildman–Crippen LogP) is 5.41. The van der Waals surface area contributed by atoms with Crippen molar-refractivity contribution in [2.45, 2.75) is 51.4 Å². The summed E-state index contributed by atoms with van der Waals surface area (Å²) in [4.78, 5) is 25.4. The fraction of sp³-hybridized carbons (Fsp3) is 0.433. The molecule has 4 heterocycles. The van der Waals surface area contributed by atoms with Crippen molar-refractivity contribution in [3.63, 3.8) is 0 Å². The number of ether oxygens (including phenoxy) is 2. The van der Waals surface area contributed by atoms with Gasteiger partial charge in [0.1, 0.15) is 0 Å². The van der Waals surface area contributed by atoms with E-state index in [0.29, 0.717) is 25.3 Å². The molecule has 206 valence electrons. The first-order chi connectivity index (χ1) is 19.1. The third-order valence-corrected chi connectivity index (χ3v) is 10.2. The minimum atomic E-state index is -0.0761. The Kier molecular flexibility index (Phi) is 8.22. The first-order valence-electron chi connectivity index (χ1n) is 13.8. The Balaban J connectivity index is 1.19. The minimum Gasteiger partial charge on any atom is -0.383 e. The standard InChI is InChI=1S/C30H36N4O3S2/c1-20(18-34-10-4-5-22(34)19-36-2)31-21-8-9-26-28(15-21)38-27-7-3-6-24(30(27)39-26)25-16-23(17-29(35)32-25)33-11-13-37-14-12-33/h3,6-9,15-17,20,22,31H,4-5,10-14,18-19H2,1-2H3,(H,32,35)/t20?,22-/m0/s1. The number of rotatable bonds is 8. The lowest BCUT2D eigenvalue weighted by molar-refractivity contribution is 0.114. The SMILES string of the molecule is COC[C@@H]1CCCN1CC(C)Nc1ccc2c(c1)Sc1cccc(-c3cc(N4CCOCC4)cc(=O)[nH]3)c1S2. The molecule has 0 amide bonds. The van der Waals surface area contributed by atoms with Crippen LogP contribution in [0, 0.1) is 0 Å². The molecule has 39 heavy (non-hydrogen) atoms. The lowest BCUT2D eigenvalue weighted by Crippen LogP contribution is -2.40. The highest BCUT2D eigenvalue weighted by molar-refractivity contribution is 8.05. The average Bonchev–Trinajstić information content (AvgIpc) is 3.38. The molecule has 9 heteroatoms. The maximum atomic E-state index is 12.6. The minimum absolute atomic E-state index is 0.0761. The molecule has 3 aromatic rings. The fourth-order valence-corrected chi connectivity index (χ4v) is 8.19. The molecule has 2 saturated heterocycles. The topological polar surface area (TPSA) is 69.8 Å². The van der Waals surface area contributed by atoms with Crippen molar-refractivity contribution in [3.8, 4) is 11.3 Å². The number of likely N-dealkylation sites (tertiary alicyclic amines) is 1. The highest BCUT2D eigenvalue weighted by Crippen LogP contribution is 2.52. The van der Waals surface area contributed by atoms with Crippen LogP contribution in [0.3, 0.4) is 0 Å². The van der Waals surface area contributed by atoms with Crippen molar-refractivity contribution >= 4 is 34.9 Å². The Bertz CT molecular complexity index is 1370. The average molecular weight is 565 g/mol. The Morgan fingerprint density at radius 1 is 1.08 bits per heavy atom. The summed E-state index contributed by atoms with van der Waals surface area (Å²) in [6.07, 6.45) is 2.47. The molecule has 0 bridgehead atoms. The number of methoxy groups -OCH3 is 1. The van der Waals surface area contributed by atoms with Crippen molar-refractivity contribution in [2.75, 3.05) is 63.3 Å². The van der Waals surface area contributed by atoms with Crippen molar-refractivity contribution in [1.82, 2.24) is 9.88 Å². The van der Waals surface area contributed by atoms with Crippen LogP contribution in [0.15, 0.2) is 72.9 Å². The van der Waals surface area contributed by atoms with E-state index in [9.17, 15) is 4.79 Å². The monoisotopic (exact) mass is 564 g/mol. The molecular formula is C30H36N4O3S2. The third kappa shape index (κ3) is 6.02. The molecule has 0 radical (unpaired) electrons. The maximum absolute atomic E-state index is 12.6. The van der Waals surface area contributed by atoms with Crippen LogP contribution in [0.5, 0.6) is 0 Å². The first kappa shape index (κ1) is 26.8. The van der Waals surface area contributed by atoms with E-state index in [2.05, 4.69) is 69.5 Å². The second-order valence-electron chi connectivity index (χ2n) is 10.5. The number of hydrogen-bond acceptors (Lipinski definition) is 8. The second kappa shape index (κ2) is 12.0. The smallest absolute Gasteiger partial charge is 0.250 e. The third-order valence-electron chi connectivity index (χ3n) is 7.63. The zero-order valence-electron chi connectivity index (χ0n) is 22.6. The van der Waals surface area contributed by atoms with Crippen LogP contribution in [-0.2, 0) is 9.47 Å². The highest BCUT2D eigenvalue weighted by atomic mass is 32.2. The molecule has 0 aliphatic carbocycles. The van der Waals surface area contributed by atoms with Gasteiger partial charge >= 0.3 is 0 Å². The van der Waals surface area contributed by atoms with E-state index in [4.69, 9.17) is 9.47 Å². The zero-order chi connectivity index (χ0) is 26.8. The molecule has 2 fully saturated rings. The number of anilines is 2. The van der Waals surface area contributed by atoms with Crippen LogP contribution >= 0.6 is 23.5 Å². The van der Waals surface area contributed by atoms with Crippen LogP contribution in [0.1, 0.15) is 19.8 Å². The lowest BCUT2D eigenvalue weighted by atomic mass is 10.1. The van der Waals surface area contributed by atoms with Gasteiger partial charge in [0, 0.05) is 81.4 Å². The summed E-state index contributed by atoms with van der Waals surface area (Å²) in [5.74, 6) is 0. The first-order valence-corrected chi connectivity index (χ1v) is 15.4. The van der Waals surface area contributed by atoms with Gasteiger partial charge in [-0.3, -0.25) is 9.69 Å². The number of nitrogens with zero attached hydrogens (tertiary/aromatic N) is 2. The number of fused-ring (bicyclic) bond motifs is 2. The Hall–Kier alpha value is -2.43. The quantitative estimate of drug-likeness (QED) is 0.295. The maximum Gasteiger partial charge on any atom is 0.250 e. The molecule has 7 nitrogen and oxygen atoms in total. The summed E-state index contributed by atoms with van der Waals surface area (Å²) >= 11 is 3.59. The Labute approximate surface area is 238 Å². The molecule has 2 aromatic carbocycles. The fourth-order valence-electron chi connectivity index (χ4n) is 5.78. The van der Waals surface area contributed by atoms with Gasteiger partial charge in [-0.25, -0.2) is 0 Å². The summed E-state index contributed by atoms with van der Waals surface area (Å²) < 4.78 is 10.9. The molecular weight excluding hydrogens is 528 g/mol. The molecule has 3 aliphatic rings. The number of aromatic nitrogens is 1. The molecule has 3 aliphatic heterocycles. The Morgan fingerprint density at radius 3 is 2.79 bits per heavy atom. The van der Waals surface area contributed by atoms with Gasteiger partial charge in [0.25, 0.3) is 0 Å². The molecule has 6 rings (SSSR count). The number of hydrogen-bond donors (Lipinski definition) is 2. The predicted molar refractivity (Wildman–Crippen MR) is 160 cm³/mol. The van der Waals surface area contributed by atoms with Crippen LogP contribution < -0.4 is 15.8 Å². The summed E-state index contributed by atoms with van der Waals surface area (Å²) in [6.45, 7) is 8.21. The van der Waals surface area contributed by atoms with E-state index in [1.165, 1.54) is 32.4 Å². The van der Waals surface area contributed by atoms with E-state index in [-0.39, 0.29) is 5.56 Å². The summed E-state index contributed by atoms with van der Waals surface area (Å²) in [5.41, 5.74) is 3.95. The van der Waals surface area contributed by atoms with Gasteiger partial charge < -0.3 is 24.7 Å². The van der Waals surface area contributed by atoms with Crippen LogP contribution in [0.4, 0.5) is 11.4 Å². The van der Waals surface area contributed by atoms with Gasteiger partial charge in [0.2, 0.25) is 5.56 Å². The summed E-state index contributed by atoms with van der Waals surface area (Å²) in [7, 11) is 1.80. The molecule has 1 aromatic heterocycles. The van der Waals surface area contributed by atoms with Gasteiger partial charge in [-0.2, -0.15) is 0 Å². The highest BCUT2D eigenvalue weighted by Gasteiger charge is 2.26. The molecule has 0 saturated carbocycles. The lowest BCUT2D eigenvalue weighted by Gasteiger charge is -2.29. The second-order valence-corrected chi connectivity index (χ2v) is 12.6. The van der Waals surface area contributed by atoms with Crippen molar-refractivity contribution < 1.29 is 9.47 Å². The number of nitrogens with one attached hydrogen (secondary N) is 2. The van der Waals surface area contributed by atoms with Crippen LogP contribution in [-0.4, -0.2) is 75.1 Å². The summed E-state index contributed by atoms with van der Waals surface area (Å²) in [6, 6.07) is 17.7. The molecule has 2 atom stereocenters. The largest absolute Gasteiger partial charge is 0.383 e. The van der Waals surface area contributed by atoms with E-state index >= 15 is 0 Å². The number of aromatic amines is 1. The normalized spacial score (nSPS) is 19.9. The van der Waals surface area contributed by atoms with E-state index in [0.717, 1.165) is 55.4 Å². The van der Waals surface area contributed by atoms with Gasteiger partial charge in [-0.05, 0) is 56.6 Å². The number of H-pyrrole nitrogens is 1. The molecule has 0 spiro atoms. The van der Waals surface area contributed by atoms with Gasteiger partial charge in [0.15, 0.2) is 0 Å². The summed E-state index contributed by atoms with van der Waals surface area (Å²) in [5, 5.41) is 3.73. The number of morpholine rings is 1. The van der Waals surface area contributed by atoms with Gasteiger partial charge in [-0.15, -0.1) is 0 Å². The van der Waals surface area contributed by atoms with Crippen molar-refractivity contribution in [1.29, 1.82) is 0 Å². The zero-order valence-corrected chi connectivity index (χ0v) is 24.2. The van der Waals surface area contributed by atoms with E-state index in [1.54, 1.807) is 36.7 Å². The number of benzene rings is 2. The van der Waals surface area contributed by atoms with Gasteiger partial charge in [0.05, 0.1) is 25.5 Å². The van der Waals surface area contributed by atoms with Gasteiger partial charge in [-0.1, -0.05) is 35.7 Å². The van der Waals surface area contributed by atoms with Crippen LogP contribution in [0.25, 0.3) is 11.3 Å².